The van der Waals surface area contributed by atoms with E-state index in [2.05, 4.69) is 25.9 Å². The molecule has 0 atom stereocenters. The molecule has 0 bridgehead atoms. The molecule has 2 aromatic carbocycles. The summed E-state index contributed by atoms with van der Waals surface area (Å²) < 4.78 is 1.05. The summed E-state index contributed by atoms with van der Waals surface area (Å²) in [4.78, 5) is 8.82. The first kappa shape index (κ1) is 12.8. The number of anilines is 1. The first-order chi connectivity index (χ1) is 9.72. The van der Waals surface area contributed by atoms with E-state index in [1.54, 1.807) is 0 Å². The molecule has 20 heavy (non-hydrogen) atoms. The molecule has 0 amide bonds. The van der Waals surface area contributed by atoms with Crippen molar-refractivity contribution in [1.29, 1.82) is 0 Å². The van der Waals surface area contributed by atoms with Gasteiger partial charge in [-0.15, -0.1) is 0 Å². The molecule has 2 N–H and O–H groups in total. The van der Waals surface area contributed by atoms with Crippen molar-refractivity contribution in [2.75, 3.05) is 5.73 Å². The van der Waals surface area contributed by atoms with Gasteiger partial charge in [-0.3, -0.25) is 0 Å². The minimum atomic E-state index is 0.679. The Morgan fingerprint density at radius 2 is 1.50 bits per heavy atom. The number of hydrogen-bond donors (Lipinski definition) is 1. The van der Waals surface area contributed by atoms with Gasteiger partial charge in [-0.2, -0.15) is 0 Å². The molecule has 0 saturated carbocycles. The number of nitrogen functional groups attached to an aromatic ring is 1. The van der Waals surface area contributed by atoms with Crippen LogP contribution in [-0.2, 0) is 0 Å². The van der Waals surface area contributed by atoms with E-state index in [9.17, 15) is 0 Å². The highest BCUT2D eigenvalue weighted by molar-refractivity contribution is 9.10. The highest BCUT2D eigenvalue weighted by Crippen LogP contribution is 2.22. The summed E-state index contributed by atoms with van der Waals surface area (Å²) in [7, 11) is 0. The van der Waals surface area contributed by atoms with Crippen LogP contribution in [0.3, 0.4) is 0 Å². The van der Waals surface area contributed by atoms with Crippen LogP contribution >= 0.6 is 15.9 Å². The quantitative estimate of drug-likeness (QED) is 0.720. The van der Waals surface area contributed by atoms with Gasteiger partial charge in [-0.1, -0.05) is 40.2 Å². The number of hydrogen-bond acceptors (Lipinski definition) is 3. The van der Waals surface area contributed by atoms with E-state index in [1.165, 1.54) is 0 Å². The normalized spacial score (nSPS) is 10.4. The first-order valence-electron chi connectivity index (χ1n) is 6.16. The van der Waals surface area contributed by atoms with E-state index in [0.717, 1.165) is 21.2 Å². The van der Waals surface area contributed by atoms with Crippen LogP contribution < -0.4 is 5.73 Å². The maximum Gasteiger partial charge on any atom is 0.159 e. The maximum absolute atomic E-state index is 5.77. The van der Waals surface area contributed by atoms with E-state index in [0.29, 0.717) is 11.5 Å². The highest BCUT2D eigenvalue weighted by Gasteiger charge is 2.03. The van der Waals surface area contributed by atoms with Crippen LogP contribution in [-0.4, -0.2) is 9.97 Å². The smallest absolute Gasteiger partial charge is 0.159 e. The number of nitrogens with zero attached hydrogens (tertiary/aromatic N) is 2. The lowest BCUT2D eigenvalue weighted by Crippen LogP contribution is -1.91. The molecule has 3 rings (SSSR count). The topological polar surface area (TPSA) is 51.8 Å². The van der Waals surface area contributed by atoms with Gasteiger partial charge in [0.25, 0.3) is 0 Å². The minimum Gasteiger partial charge on any atom is -0.399 e. The number of nitrogens with two attached hydrogens (primary N) is 1. The first-order valence-corrected chi connectivity index (χ1v) is 6.95. The van der Waals surface area contributed by atoms with Crippen molar-refractivity contribution in [2.45, 2.75) is 0 Å². The number of aromatic nitrogens is 2. The molecule has 0 aliphatic heterocycles. The van der Waals surface area contributed by atoms with Crippen LogP contribution in [0.2, 0.25) is 0 Å². The predicted molar refractivity (Wildman–Crippen MR) is 85.0 cm³/mol. The molecule has 0 radical (unpaired) electrons. The molecule has 1 heterocycles. The number of benzene rings is 2. The van der Waals surface area contributed by atoms with Crippen molar-refractivity contribution in [3.05, 3.63) is 65.4 Å². The molecule has 0 saturated heterocycles. The summed E-state index contributed by atoms with van der Waals surface area (Å²) >= 11 is 3.42. The molecular formula is C16H12BrN3. The number of halogens is 1. The molecule has 0 unspecified atom stereocenters. The van der Waals surface area contributed by atoms with Gasteiger partial charge in [0.2, 0.25) is 0 Å². The van der Waals surface area contributed by atoms with E-state index in [1.807, 2.05) is 60.9 Å². The molecule has 0 fully saturated rings. The zero-order valence-electron chi connectivity index (χ0n) is 10.6. The van der Waals surface area contributed by atoms with Crippen LogP contribution in [0.1, 0.15) is 0 Å². The largest absolute Gasteiger partial charge is 0.399 e. The van der Waals surface area contributed by atoms with Gasteiger partial charge in [0, 0.05) is 33.7 Å². The summed E-state index contributed by atoms with van der Waals surface area (Å²) in [6, 6.07) is 15.6. The zero-order chi connectivity index (χ0) is 13.9. The van der Waals surface area contributed by atoms with Crippen LogP contribution in [0.15, 0.2) is 65.4 Å². The lowest BCUT2D eigenvalue weighted by molar-refractivity contribution is 1.18. The van der Waals surface area contributed by atoms with Crippen molar-refractivity contribution in [1.82, 2.24) is 9.97 Å². The van der Waals surface area contributed by atoms with Gasteiger partial charge in [-0.05, 0) is 29.8 Å². The summed E-state index contributed by atoms with van der Waals surface area (Å²) in [5.41, 5.74) is 9.49. The van der Waals surface area contributed by atoms with E-state index in [-0.39, 0.29) is 0 Å². The minimum absolute atomic E-state index is 0.679. The van der Waals surface area contributed by atoms with Crippen molar-refractivity contribution in [3.63, 3.8) is 0 Å². The Morgan fingerprint density at radius 1 is 0.800 bits per heavy atom. The highest BCUT2D eigenvalue weighted by atomic mass is 79.9. The fraction of sp³-hybridized carbons (Fsp3) is 0. The van der Waals surface area contributed by atoms with Crippen LogP contribution in [0.25, 0.3) is 22.5 Å². The second kappa shape index (κ2) is 5.43. The zero-order valence-corrected chi connectivity index (χ0v) is 12.2. The fourth-order valence-electron chi connectivity index (χ4n) is 1.95. The lowest BCUT2D eigenvalue weighted by Gasteiger charge is -2.04. The van der Waals surface area contributed by atoms with Gasteiger partial charge in [0.15, 0.2) is 5.82 Å². The van der Waals surface area contributed by atoms with Gasteiger partial charge < -0.3 is 5.73 Å². The van der Waals surface area contributed by atoms with Gasteiger partial charge in [0.1, 0.15) is 0 Å². The van der Waals surface area contributed by atoms with Crippen LogP contribution in [0, 0.1) is 0 Å². The van der Waals surface area contributed by atoms with Crippen molar-refractivity contribution in [3.8, 4) is 22.5 Å². The second-order valence-corrected chi connectivity index (χ2v) is 5.34. The predicted octanol–water partition coefficient (Wildman–Crippen LogP) is 4.16. The Kier molecular flexibility index (Phi) is 3.48. The Balaban J connectivity index is 1.93. The van der Waals surface area contributed by atoms with Crippen molar-refractivity contribution in [2.24, 2.45) is 0 Å². The number of rotatable bonds is 2. The molecule has 0 aliphatic rings. The molecule has 0 aliphatic carbocycles. The molecule has 3 nitrogen and oxygen atoms in total. The van der Waals surface area contributed by atoms with E-state index < -0.39 is 0 Å². The third-order valence-corrected chi connectivity index (χ3v) is 3.50. The molecule has 1 aromatic heterocycles. The summed E-state index contributed by atoms with van der Waals surface area (Å²) in [5.74, 6) is 0.679. The third kappa shape index (κ3) is 2.70. The van der Waals surface area contributed by atoms with E-state index >= 15 is 0 Å². The summed E-state index contributed by atoms with van der Waals surface area (Å²) in [5, 5.41) is 0. The monoisotopic (exact) mass is 325 g/mol. The summed E-state index contributed by atoms with van der Waals surface area (Å²) in [6.07, 6.45) is 3.66. The molecule has 98 valence electrons. The standard InChI is InChI=1S/C16H12BrN3/c17-14-6-4-11(5-7-14)13-9-19-16(20-10-13)12-2-1-3-15(18)8-12/h1-10H,18H2. The Labute approximate surface area is 125 Å². The van der Waals surface area contributed by atoms with Crippen LogP contribution in [0.4, 0.5) is 5.69 Å². The average Bonchev–Trinajstić information content (AvgIpc) is 2.48. The third-order valence-electron chi connectivity index (χ3n) is 2.97. The maximum atomic E-state index is 5.77. The summed E-state index contributed by atoms with van der Waals surface area (Å²) in [6.45, 7) is 0. The SMILES string of the molecule is Nc1cccc(-c2ncc(-c3ccc(Br)cc3)cn2)c1. The molecule has 3 aromatic rings. The van der Waals surface area contributed by atoms with Gasteiger partial charge in [0.05, 0.1) is 0 Å². The van der Waals surface area contributed by atoms with Crippen molar-refractivity contribution >= 4 is 21.6 Å². The van der Waals surface area contributed by atoms with Crippen molar-refractivity contribution < 1.29 is 0 Å². The lowest BCUT2D eigenvalue weighted by atomic mass is 10.1. The Hall–Kier alpha value is -2.20. The molecular weight excluding hydrogens is 314 g/mol. The molecule has 0 spiro atoms. The van der Waals surface area contributed by atoms with Crippen LogP contribution in [0.5, 0.6) is 0 Å². The Morgan fingerprint density at radius 3 is 2.15 bits per heavy atom. The van der Waals surface area contributed by atoms with E-state index in [4.69, 9.17) is 5.73 Å². The Bertz CT molecular complexity index is 721. The fourth-order valence-corrected chi connectivity index (χ4v) is 2.21. The average molecular weight is 326 g/mol. The van der Waals surface area contributed by atoms with Gasteiger partial charge >= 0.3 is 0 Å². The van der Waals surface area contributed by atoms with Gasteiger partial charge in [-0.25, -0.2) is 9.97 Å². The molecule has 4 heteroatoms. The second-order valence-electron chi connectivity index (χ2n) is 4.43.